The normalized spacial score (nSPS) is 11.1. The fourth-order valence-electron chi connectivity index (χ4n) is 2.79. The Morgan fingerprint density at radius 1 is 1.23 bits per heavy atom. The standard InChI is InChI=1S/C18H21N5O2S/c1-11-13(12(2)23(4)21-11)9-19-16(24)10-26-17-18(25)22(3)15-8-6-5-7-14(15)20-17/h5-8H,9-10H2,1-4H3,(H,19,24). The molecular formula is C18H21N5O2S. The molecule has 8 heteroatoms. The summed E-state index contributed by atoms with van der Waals surface area (Å²) >= 11 is 1.16. The average Bonchev–Trinajstić information content (AvgIpc) is 2.87. The third-order valence-corrected chi connectivity index (χ3v) is 5.36. The number of nitrogens with one attached hydrogen (secondary N) is 1. The lowest BCUT2D eigenvalue weighted by atomic mass is 10.2. The van der Waals surface area contributed by atoms with Crippen molar-refractivity contribution in [1.82, 2.24) is 24.6 Å². The van der Waals surface area contributed by atoms with Crippen LogP contribution in [0.2, 0.25) is 0 Å². The second-order valence-electron chi connectivity index (χ2n) is 6.11. The van der Waals surface area contributed by atoms with E-state index in [1.54, 1.807) is 16.3 Å². The van der Waals surface area contributed by atoms with Crippen LogP contribution in [0.1, 0.15) is 17.0 Å². The van der Waals surface area contributed by atoms with Crippen molar-refractivity contribution in [2.24, 2.45) is 14.1 Å². The highest BCUT2D eigenvalue weighted by Crippen LogP contribution is 2.16. The number of thioether (sulfide) groups is 1. The number of hydrogen-bond acceptors (Lipinski definition) is 5. The lowest BCUT2D eigenvalue weighted by Gasteiger charge is -2.08. The van der Waals surface area contributed by atoms with Crippen molar-refractivity contribution in [1.29, 1.82) is 0 Å². The van der Waals surface area contributed by atoms with Crippen LogP contribution in [0, 0.1) is 13.8 Å². The molecule has 0 spiro atoms. The van der Waals surface area contributed by atoms with Crippen molar-refractivity contribution in [3.05, 3.63) is 51.6 Å². The van der Waals surface area contributed by atoms with Crippen LogP contribution in [-0.2, 0) is 25.4 Å². The average molecular weight is 371 g/mol. The zero-order chi connectivity index (χ0) is 18.8. The molecule has 2 aromatic heterocycles. The molecule has 136 valence electrons. The molecule has 0 saturated carbocycles. The molecule has 1 amide bonds. The molecule has 0 aliphatic heterocycles. The Kier molecular flexibility index (Phi) is 5.13. The number of carbonyl (C=O) groups excluding carboxylic acids is 1. The van der Waals surface area contributed by atoms with E-state index in [1.165, 1.54) is 0 Å². The molecule has 7 nitrogen and oxygen atoms in total. The quantitative estimate of drug-likeness (QED) is 0.690. The van der Waals surface area contributed by atoms with Crippen LogP contribution in [0.5, 0.6) is 0 Å². The molecule has 0 aliphatic rings. The molecule has 2 heterocycles. The number of aryl methyl sites for hydroxylation is 3. The number of nitrogens with zero attached hydrogens (tertiary/aromatic N) is 4. The number of carbonyl (C=O) groups is 1. The molecule has 0 saturated heterocycles. The maximum Gasteiger partial charge on any atom is 0.283 e. The van der Waals surface area contributed by atoms with Gasteiger partial charge in [-0.2, -0.15) is 5.10 Å². The van der Waals surface area contributed by atoms with Crippen LogP contribution >= 0.6 is 11.8 Å². The summed E-state index contributed by atoms with van der Waals surface area (Å²) in [6.07, 6.45) is 0. The van der Waals surface area contributed by atoms with Crippen molar-refractivity contribution < 1.29 is 4.79 Å². The topological polar surface area (TPSA) is 81.8 Å². The Morgan fingerprint density at radius 3 is 2.65 bits per heavy atom. The summed E-state index contributed by atoms with van der Waals surface area (Å²) in [6.45, 7) is 4.32. The van der Waals surface area contributed by atoms with E-state index in [1.807, 2.05) is 45.2 Å². The van der Waals surface area contributed by atoms with Crippen LogP contribution in [-0.4, -0.2) is 31.0 Å². The van der Waals surface area contributed by atoms with Gasteiger partial charge < -0.3 is 9.88 Å². The van der Waals surface area contributed by atoms with Gasteiger partial charge in [0.25, 0.3) is 5.56 Å². The Balaban J connectivity index is 1.67. The van der Waals surface area contributed by atoms with Gasteiger partial charge in [-0.3, -0.25) is 14.3 Å². The van der Waals surface area contributed by atoms with Gasteiger partial charge in [-0.05, 0) is 26.0 Å². The summed E-state index contributed by atoms with van der Waals surface area (Å²) in [5.74, 6) is -0.00599. The molecule has 1 aromatic carbocycles. The number of benzene rings is 1. The predicted octanol–water partition coefficient (Wildman–Crippen LogP) is 1.69. The van der Waals surface area contributed by atoms with Gasteiger partial charge >= 0.3 is 0 Å². The first-order valence-electron chi connectivity index (χ1n) is 8.23. The molecule has 0 fully saturated rings. The van der Waals surface area contributed by atoms with Gasteiger partial charge in [0.2, 0.25) is 5.91 Å². The number of amides is 1. The highest BCUT2D eigenvalue weighted by molar-refractivity contribution is 7.99. The second-order valence-corrected chi connectivity index (χ2v) is 7.07. The molecule has 0 bridgehead atoms. The van der Waals surface area contributed by atoms with E-state index in [-0.39, 0.29) is 17.2 Å². The first-order chi connectivity index (χ1) is 12.4. The van der Waals surface area contributed by atoms with Gasteiger partial charge in [-0.15, -0.1) is 0 Å². The van der Waals surface area contributed by atoms with Crippen molar-refractivity contribution >= 4 is 28.7 Å². The smallest absolute Gasteiger partial charge is 0.283 e. The number of rotatable bonds is 5. The molecule has 26 heavy (non-hydrogen) atoms. The Bertz CT molecular complexity index is 1040. The van der Waals surface area contributed by atoms with Crippen LogP contribution in [0.4, 0.5) is 0 Å². The zero-order valence-electron chi connectivity index (χ0n) is 15.2. The fraction of sp³-hybridized carbons (Fsp3) is 0.333. The number of para-hydroxylation sites is 2. The first-order valence-corrected chi connectivity index (χ1v) is 9.21. The van der Waals surface area contributed by atoms with E-state index in [0.29, 0.717) is 11.6 Å². The number of fused-ring (bicyclic) bond motifs is 1. The van der Waals surface area contributed by atoms with Crippen LogP contribution in [0.25, 0.3) is 11.0 Å². The lowest BCUT2D eigenvalue weighted by Crippen LogP contribution is -2.26. The van der Waals surface area contributed by atoms with Crippen LogP contribution in [0.3, 0.4) is 0 Å². The van der Waals surface area contributed by atoms with Crippen molar-refractivity contribution in [2.45, 2.75) is 25.4 Å². The monoisotopic (exact) mass is 371 g/mol. The summed E-state index contributed by atoms with van der Waals surface area (Å²) in [5, 5.41) is 7.55. The van der Waals surface area contributed by atoms with Crippen molar-refractivity contribution in [3.63, 3.8) is 0 Å². The van der Waals surface area contributed by atoms with Crippen molar-refractivity contribution in [3.8, 4) is 0 Å². The van der Waals surface area contributed by atoms with Gasteiger partial charge in [-0.25, -0.2) is 4.98 Å². The van der Waals surface area contributed by atoms with E-state index in [9.17, 15) is 9.59 Å². The van der Waals surface area contributed by atoms with Gasteiger partial charge in [0.1, 0.15) is 0 Å². The largest absolute Gasteiger partial charge is 0.351 e. The predicted molar refractivity (Wildman–Crippen MR) is 102 cm³/mol. The molecule has 0 atom stereocenters. The maximum absolute atomic E-state index is 12.4. The van der Waals surface area contributed by atoms with Gasteiger partial charge in [-0.1, -0.05) is 23.9 Å². The highest BCUT2D eigenvalue weighted by Gasteiger charge is 2.13. The zero-order valence-corrected chi connectivity index (χ0v) is 16.1. The lowest BCUT2D eigenvalue weighted by molar-refractivity contribution is -0.118. The van der Waals surface area contributed by atoms with E-state index in [2.05, 4.69) is 15.4 Å². The summed E-state index contributed by atoms with van der Waals surface area (Å²) < 4.78 is 3.36. The maximum atomic E-state index is 12.4. The van der Waals surface area contributed by atoms with E-state index >= 15 is 0 Å². The Hall–Kier alpha value is -2.61. The SMILES string of the molecule is Cc1nn(C)c(C)c1CNC(=O)CSc1nc2ccccc2n(C)c1=O. The Labute approximate surface area is 155 Å². The molecule has 1 N–H and O–H groups in total. The van der Waals surface area contributed by atoms with Gasteiger partial charge in [0, 0.05) is 31.9 Å². The third-order valence-electron chi connectivity index (χ3n) is 4.41. The fourth-order valence-corrected chi connectivity index (χ4v) is 3.58. The second kappa shape index (κ2) is 7.33. The van der Waals surface area contributed by atoms with Crippen LogP contribution < -0.4 is 10.9 Å². The van der Waals surface area contributed by atoms with Crippen molar-refractivity contribution in [2.75, 3.05) is 5.75 Å². The summed E-state index contributed by atoms with van der Waals surface area (Å²) in [6, 6.07) is 7.45. The summed E-state index contributed by atoms with van der Waals surface area (Å²) in [4.78, 5) is 29.0. The van der Waals surface area contributed by atoms with E-state index in [4.69, 9.17) is 0 Å². The first kappa shape index (κ1) is 18.2. The van der Waals surface area contributed by atoms with Gasteiger partial charge in [0.15, 0.2) is 5.03 Å². The molecule has 0 radical (unpaired) electrons. The molecular weight excluding hydrogens is 350 g/mol. The summed E-state index contributed by atoms with van der Waals surface area (Å²) in [7, 11) is 3.59. The molecule has 3 aromatic rings. The Morgan fingerprint density at radius 2 is 1.96 bits per heavy atom. The van der Waals surface area contributed by atoms with E-state index in [0.717, 1.165) is 39.7 Å². The minimum absolute atomic E-state index is 0.138. The van der Waals surface area contributed by atoms with Gasteiger partial charge in [0.05, 0.1) is 22.5 Å². The molecule has 0 aliphatic carbocycles. The molecule has 0 unspecified atom stereocenters. The summed E-state index contributed by atoms with van der Waals surface area (Å²) in [5.41, 5.74) is 4.27. The highest BCUT2D eigenvalue weighted by atomic mass is 32.2. The van der Waals surface area contributed by atoms with Crippen LogP contribution in [0.15, 0.2) is 34.1 Å². The van der Waals surface area contributed by atoms with E-state index < -0.39 is 0 Å². The third kappa shape index (κ3) is 3.50. The number of hydrogen-bond donors (Lipinski definition) is 1. The minimum atomic E-state index is -0.194. The number of aromatic nitrogens is 4. The minimum Gasteiger partial charge on any atom is -0.351 e. The molecule has 3 rings (SSSR count).